The highest BCUT2D eigenvalue weighted by atomic mass is 16.5. The molecule has 10 nitrogen and oxygen atoms in total. The minimum atomic E-state index is -1.40. The van der Waals surface area contributed by atoms with Gasteiger partial charge in [-0.2, -0.15) is 5.26 Å². The molecule has 1 atom stereocenters. The zero-order valence-electron chi connectivity index (χ0n) is 20.1. The number of methoxy groups -OCH3 is 1. The first-order valence-corrected chi connectivity index (χ1v) is 11.2. The predicted molar refractivity (Wildman–Crippen MR) is 135 cm³/mol. The summed E-state index contributed by atoms with van der Waals surface area (Å²) < 4.78 is 5.23. The molecular weight excluding hydrogens is 474 g/mol. The number of hydrogen-bond acceptors (Lipinski definition) is 6. The van der Waals surface area contributed by atoms with E-state index in [0.29, 0.717) is 33.8 Å². The summed E-state index contributed by atoms with van der Waals surface area (Å²) in [6, 6.07) is 20.8. The molecule has 1 saturated heterocycles. The van der Waals surface area contributed by atoms with E-state index in [2.05, 4.69) is 16.0 Å². The highest BCUT2D eigenvalue weighted by Gasteiger charge is 2.49. The van der Waals surface area contributed by atoms with Gasteiger partial charge in [0.15, 0.2) is 0 Å². The van der Waals surface area contributed by atoms with Crippen molar-refractivity contribution in [2.45, 2.75) is 12.5 Å². The van der Waals surface area contributed by atoms with E-state index in [1.54, 1.807) is 54.6 Å². The van der Waals surface area contributed by atoms with Crippen molar-refractivity contribution in [3.05, 3.63) is 89.5 Å². The molecule has 3 aromatic rings. The van der Waals surface area contributed by atoms with Crippen molar-refractivity contribution in [1.29, 1.82) is 5.26 Å². The van der Waals surface area contributed by atoms with E-state index in [0.717, 1.165) is 4.90 Å². The molecule has 0 aromatic heterocycles. The summed E-state index contributed by atoms with van der Waals surface area (Å²) in [5.41, 5.74) is 0.642. The van der Waals surface area contributed by atoms with Gasteiger partial charge >= 0.3 is 6.03 Å². The van der Waals surface area contributed by atoms with Gasteiger partial charge in [0.25, 0.3) is 11.8 Å². The van der Waals surface area contributed by atoms with Gasteiger partial charge in [-0.1, -0.05) is 24.3 Å². The number of urea groups is 1. The zero-order chi connectivity index (χ0) is 26.6. The monoisotopic (exact) mass is 497 g/mol. The maximum absolute atomic E-state index is 13.1. The summed E-state index contributed by atoms with van der Waals surface area (Å²) in [6.07, 6.45) is 0. The number of nitriles is 1. The lowest BCUT2D eigenvalue weighted by Crippen LogP contribution is -2.42. The van der Waals surface area contributed by atoms with Crippen LogP contribution in [0.15, 0.2) is 72.8 Å². The molecule has 1 fully saturated rings. The summed E-state index contributed by atoms with van der Waals surface area (Å²) in [5, 5.41) is 17.1. The Kier molecular flexibility index (Phi) is 6.88. The molecule has 0 radical (unpaired) electrons. The van der Waals surface area contributed by atoms with Gasteiger partial charge in [-0.15, -0.1) is 0 Å². The Morgan fingerprint density at radius 1 is 1.03 bits per heavy atom. The number of rotatable bonds is 7. The van der Waals surface area contributed by atoms with E-state index < -0.39 is 29.9 Å². The summed E-state index contributed by atoms with van der Waals surface area (Å²) in [5.74, 6) is -1.04. The first-order chi connectivity index (χ1) is 17.7. The maximum Gasteiger partial charge on any atom is 0.325 e. The summed E-state index contributed by atoms with van der Waals surface area (Å²) in [6.45, 7) is 1.02. The summed E-state index contributed by atoms with van der Waals surface area (Å²) in [4.78, 5) is 51.6. The van der Waals surface area contributed by atoms with Crippen LogP contribution in [-0.2, 0) is 15.1 Å². The molecule has 1 unspecified atom stereocenters. The number of carbonyl (C=O) groups is 4. The SMILES string of the molecule is COc1ccccc1NC(=O)c1ccc(NC(=O)CN2C(=O)NC(C)(c3cccc(C#N)c3)C2=O)cc1. The smallest absolute Gasteiger partial charge is 0.325 e. The lowest BCUT2D eigenvalue weighted by atomic mass is 9.91. The van der Waals surface area contributed by atoms with Gasteiger partial charge in [-0.3, -0.25) is 19.3 Å². The Morgan fingerprint density at radius 2 is 1.76 bits per heavy atom. The van der Waals surface area contributed by atoms with Crippen LogP contribution in [0, 0.1) is 11.3 Å². The molecule has 3 N–H and O–H groups in total. The van der Waals surface area contributed by atoms with Crippen LogP contribution in [0.4, 0.5) is 16.2 Å². The van der Waals surface area contributed by atoms with Crippen molar-refractivity contribution in [2.24, 2.45) is 0 Å². The molecule has 4 rings (SSSR count). The number of hydrogen-bond donors (Lipinski definition) is 3. The summed E-state index contributed by atoms with van der Waals surface area (Å²) >= 11 is 0. The first-order valence-electron chi connectivity index (χ1n) is 11.2. The normalized spacial score (nSPS) is 16.5. The molecule has 3 aromatic carbocycles. The topological polar surface area (TPSA) is 141 Å². The van der Waals surface area contributed by atoms with Gasteiger partial charge < -0.3 is 20.7 Å². The molecule has 1 heterocycles. The van der Waals surface area contributed by atoms with Crippen LogP contribution >= 0.6 is 0 Å². The van der Waals surface area contributed by atoms with Crippen LogP contribution in [0.25, 0.3) is 0 Å². The van der Waals surface area contributed by atoms with Crippen LogP contribution < -0.4 is 20.7 Å². The molecule has 10 heteroatoms. The molecule has 1 aliphatic heterocycles. The number of nitrogens with one attached hydrogen (secondary N) is 3. The molecule has 0 bridgehead atoms. The zero-order valence-corrected chi connectivity index (χ0v) is 20.1. The number of para-hydroxylation sites is 2. The number of nitrogens with zero attached hydrogens (tertiary/aromatic N) is 2. The number of ether oxygens (including phenoxy) is 1. The highest BCUT2D eigenvalue weighted by Crippen LogP contribution is 2.29. The molecule has 186 valence electrons. The molecule has 0 spiro atoms. The second kappa shape index (κ2) is 10.2. The third-order valence-electron chi connectivity index (χ3n) is 5.93. The van der Waals surface area contributed by atoms with Crippen molar-refractivity contribution >= 4 is 35.1 Å². The molecule has 0 saturated carbocycles. The third kappa shape index (κ3) is 5.11. The minimum Gasteiger partial charge on any atom is -0.495 e. The van der Waals surface area contributed by atoms with E-state index in [-0.39, 0.29) is 5.91 Å². The fourth-order valence-corrected chi connectivity index (χ4v) is 3.93. The van der Waals surface area contributed by atoms with Gasteiger partial charge in [0.1, 0.15) is 17.8 Å². The lowest BCUT2D eigenvalue weighted by Gasteiger charge is -2.22. The molecular formula is C27H23N5O5. The van der Waals surface area contributed by atoms with E-state index in [1.165, 1.54) is 32.2 Å². The van der Waals surface area contributed by atoms with E-state index in [1.807, 2.05) is 6.07 Å². The maximum atomic E-state index is 13.1. The van der Waals surface area contributed by atoms with E-state index in [4.69, 9.17) is 10.00 Å². The number of imide groups is 1. The van der Waals surface area contributed by atoms with Crippen LogP contribution in [0.2, 0.25) is 0 Å². The first kappa shape index (κ1) is 24.9. The molecule has 1 aliphatic rings. The Labute approximate surface area is 212 Å². The molecule has 37 heavy (non-hydrogen) atoms. The Hall–Kier alpha value is -5.17. The predicted octanol–water partition coefficient (Wildman–Crippen LogP) is 3.22. The fourth-order valence-electron chi connectivity index (χ4n) is 3.93. The van der Waals surface area contributed by atoms with Crippen LogP contribution in [0.3, 0.4) is 0 Å². The summed E-state index contributed by atoms with van der Waals surface area (Å²) in [7, 11) is 1.51. The Balaban J connectivity index is 1.39. The third-order valence-corrected chi connectivity index (χ3v) is 5.93. The number of carbonyl (C=O) groups excluding carboxylic acids is 4. The van der Waals surface area contributed by atoms with Crippen LogP contribution in [0.5, 0.6) is 5.75 Å². The molecule has 5 amide bonds. The second-order valence-electron chi connectivity index (χ2n) is 8.42. The van der Waals surface area contributed by atoms with E-state index in [9.17, 15) is 19.2 Å². The van der Waals surface area contributed by atoms with Gasteiger partial charge in [-0.05, 0) is 61.0 Å². The highest BCUT2D eigenvalue weighted by molar-refractivity contribution is 6.10. The van der Waals surface area contributed by atoms with E-state index >= 15 is 0 Å². The average molecular weight is 498 g/mol. The van der Waals surface area contributed by atoms with Gasteiger partial charge in [0.2, 0.25) is 5.91 Å². The number of amides is 5. The molecule has 0 aliphatic carbocycles. The van der Waals surface area contributed by atoms with Crippen molar-refractivity contribution in [3.63, 3.8) is 0 Å². The Morgan fingerprint density at radius 3 is 2.46 bits per heavy atom. The standard InChI is InChI=1S/C27H23N5O5/c1-27(19-7-5-6-17(14-19)15-28)25(35)32(26(36)31-27)16-23(33)29-20-12-10-18(11-13-20)24(34)30-21-8-3-4-9-22(21)37-2/h3-14H,16H2,1-2H3,(H,29,33)(H,30,34)(H,31,36). The lowest BCUT2D eigenvalue weighted by molar-refractivity contribution is -0.133. The fraction of sp³-hybridized carbons (Fsp3) is 0.148. The quantitative estimate of drug-likeness (QED) is 0.428. The van der Waals surface area contributed by atoms with Gasteiger partial charge in [0, 0.05) is 11.3 Å². The average Bonchev–Trinajstić information content (AvgIpc) is 3.13. The largest absolute Gasteiger partial charge is 0.495 e. The Bertz CT molecular complexity index is 1430. The van der Waals surface area contributed by atoms with Crippen molar-refractivity contribution in [3.8, 4) is 11.8 Å². The van der Waals surface area contributed by atoms with Crippen LogP contribution in [0.1, 0.15) is 28.4 Å². The van der Waals surface area contributed by atoms with Crippen molar-refractivity contribution in [2.75, 3.05) is 24.3 Å². The van der Waals surface area contributed by atoms with Gasteiger partial charge in [-0.25, -0.2) is 4.79 Å². The number of benzene rings is 3. The minimum absolute atomic E-state index is 0.344. The van der Waals surface area contributed by atoms with Crippen molar-refractivity contribution < 1.29 is 23.9 Å². The van der Waals surface area contributed by atoms with Gasteiger partial charge in [0.05, 0.1) is 24.4 Å². The van der Waals surface area contributed by atoms with Crippen LogP contribution in [-0.4, -0.2) is 42.3 Å². The van der Waals surface area contributed by atoms with Crippen molar-refractivity contribution in [1.82, 2.24) is 10.2 Å². The number of anilines is 2. The second-order valence-corrected chi connectivity index (χ2v) is 8.42.